The van der Waals surface area contributed by atoms with Crippen LogP contribution < -0.4 is 4.52 Å². The molecule has 3 aromatic rings. The Labute approximate surface area is 109 Å². The fraction of sp³-hybridized carbons (Fsp3) is 0. The molecule has 0 radical (unpaired) electrons. The molecule has 0 fully saturated rings. The van der Waals surface area contributed by atoms with E-state index in [-0.39, 0.29) is 0 Å². The van der Waals surface area contributed by atoms with Crippen LogP contribution in [0.15, 0.2) is 66.7 Å². The van der Waals surface area contributed by atoms with Crippen molar-refractivity contribution in [2.75, 3.05) is 0 Å². The zero-order valence-electron chi connectivity index (χ0n) is 9.84. The van der Waals surface area contributed by atoms with Crippen molar-refractivity contribution in [3.05, 3.63) is 66.7 Å². The topological polar surface area (TPSA) is 9.23 Å². The highest BCUT2D eigenvalue weighted by atomic mass is 31.0. The third kappa shape index (κ3) is 1.98. The first kappa shape index (κ1) is 11.3. The Morgan fingerprint density at radius 2 is 1.44 bits per heavy atom. The SMILES string of the molecule is POc1ccccc1-c1ccc2ccccc2c1. The van der Waals surface area contributed by atoms with Crippen LogP contribution in [0.3, 0.4) is 0 Å². The lowest BCUT2D eigenvalue weighted by molar-refractivity contribution is 0.648. The summed E-state index contributed by atoms with van der Waals surface area (Å²) in [5.41, 5.74) is 2.28. The summed E-state index contributed by atoms with van der Waals surface area (Å²) >= 11 is 0. The molecule has 18 heavy (non-hydrogen) atoms. The van der Waals surface area contributed by atoms with Crippen LogP contribution in [-0.2, 0) is 0 Å². The molecule has 0 amide bonds. The van der Waals surface area contributed by atoms with Crippen molar-refractivity contribution in [3.63, 3.8) is 0 Å². The standard InChI is InChI=1S/C16H13OP/c18-17-16-8-4-3-7-15(16)14-10-9-12-5-1-2-6-13(12)11-14/h1-11H,18H2. The minimum Gasteiger partial charge on any atom is -0.480 e. The molecule has 0 bridgehead atoms. The average molecular weight is 252 g/mol. The van der Waals surface area contributed by atoms with Crippen molar-refractivity contribution in [2.24, 2.45) is 0 Å². The first-order chi connectivity index (χ1) is 8.88. The fourth-order valence-electron chi connectivity index (χ4n) is 2.16. The van der Waals surface area contributed by atoms with Crippen LogP contribution in [0, 0.1) is 0 Å². The maximum absolute atomic E-state index is 5.33. The predicted molar refractivity (Wildman–Crippen MR) is 79.7 cm³/mol. The van der Waals surface area contributed by atoms with E-state index < -0.39 is 0 Å². The third-order valence-corrected chi connectivity index (χ3v) is 3.33. The lowest BCUT2D eigenvalue weighted by atomic mass is 10.0. The molecule has 0 N–H and O–H groups in total. The van der Waals surface area contributed by atoms with E-state index in [2.05, 4.69) is 58.0 Å². The van der Waals surface area contributed by atoms with Gasteiger partial charge in [0.05, 0.1) is 9.47 Å². The molecule has 0 spiro atoms. The zero-order chi connectivity index (χ0) is 12.4. The predicted octanol–water partition coefficient (Wildman–Crippen LogP) is 4.68. The van der Waals surface area contributed by atoms with Crippen molar-refractivity contribution in [3.8, 4) is 16.9 Å². The van der Waals surface area contributed by atoms with Gasteiger partial charge in [-0.25, -0.2) is 0 Å². The van der Waals surface area contributed by atoms with Crippen LogP contribution in [0.4, 0.5) is 0 Å². The fourth-order valence-corrected chi connectivity index (χ4v) is 2.37. The Balaban J connectivity index is 2.19. The van der Waals surface area contributed by atoms with Crippen molar-refractivity contribution < 1.29 is 4.52 Å². The molecular formula is C16H13OP. The molecule has 3 rings (SSSR count). The number of para-hydroxylation sites is 1. The van der Waals surface area contributed by atoms with Crippen molar-refractivity contribution in [1.29, 1.82) is 0 Å². The van der Waals surface area contributed by atoms with E-state index in [1.165, 1.54) is 16.3 Å². The quantitative estimate of drug-likeness (QED) is 0.602. The van der Waals surface area contributed by atoms with Gasteiger partial charge in [-0.3, -0.25) is 0 Å². The highest BCUT2D eigenvalue weighted by Gasteiger charge is 2.05. The Kier molecular flexibility index (Phi) is 3.00. The van der Waals surface area contributed by atoms with E-state index >= 15 is 0 Å². The van der Waals surface area contributed by atoms with Crippen LogP contribution in [-0.4, -0.2) is 0 Å². The summed E-state index contributed by atoms with van der Waals surface area (Å²) in [6.45, 7) is 0. The second-order valence-electron chi connectivity index (χ2n) is 4.18. The zero-order valence-corrected chi connectivity index (χ0v) is 11.0. The second-order valence-corrected chi connectivity index (χ2v) is 4.41. The van der Waals surface area contributed by atoms with Gasteiger partial charge in [0.25, 0.3) is 0 Å². The summed E-state index contributed by atoms with van der Waals surface area (Å²) in [5.74, 6) is 0.873. The highest BCUT2D eigenvalue weighted by Crippen LogP contribution is 2.32. The molecule has 88 valence electrons. The van der Waals surface area contributed by atoms with Gasteiger partial charge in [0, 0.05) is 5.56 Å². The Bertz CT molecular complexity index is 691. The molecule has 0 heterocycles. The monoisotopic (exact) mass is 252 g/mol. The summed E-state index contributed by atoms with van der Waals surface area (Å²) in [7, 11) is 2.31. The number of rotatable bonds is 2. The summed E-state index contributed by atoms with van der Waals surface area (Å²) < 4.78 is 5.33. The molecule has 0 saturated heterocycles. The van der Waals surface area contributed by atoms with E-state index in [1.807, 2.05) is 18.2 Å². The summed E-state index contributed by atoms with van der Waals surface area (Å²) in [6.07, 6.45) is 0. The summed E-state index contributed by atoms with van der Waals surface area (Å²) in [6, 6.07) is 22.9. The van der Waals surface area contributed by atoms with E-state index in [1.54, 1.807) is 0 Å². The van der Waals surface area contributed by atoms with Gasteiger partial charge >= 0.3 is 0 Å². The molecule has 1 nitrogen and oxygen atoms in total. The first-order valence-electron chi connectivity index (χ1n) is 5.83. The summed E-state index contributed by atoms with van der Waals surface area (Å²) in [4.78, 5) is 0. The van der Waals surface area contributed by atoms with Gasteiger partial charge in [-0.1, -0.05) is 54.6 Å². The lowest BCUT2D eigenvalue weighted by Gasteiger charge is -2.09. The van der Waals surface area contributed by atoms with Gasteiger partial charge in [0.2, 0.25) is 0 Å². The Hall–Kier alpha value is -1.85. The molecule has 0 aliphatic rings. The second kappa shape index (κ2) is 4.80. The maximum Gasteiger partial charge on any atom is 0.130 e. The smallest absolute Gasteiger partial charge is 0.130 e. The third-order valence-electron chi connectivity index (χ3n) is 3.07. The van der Waals surface area contributed by atoms with Gasteiger partial charge in [-0.2, -0.15) is 0 Å². The largest absolute Gasteiger partial charge is 0.480 e. The molecular weight excluding hydrogens is 239 g/mol. The van der Waals surface area contributed by atoms with Gasteiger partial charge in [0.1, 0.15) is 5.75 Å². The van der Waals surface area contributed by atoms with Crippen LogP contribution >= 0.6 is 9.47 Å². The van der Waals surface area contributed by atoms with E-state index in [4.69, 9.17) is 4.52 Å². The van der Waals surface area contributed by atoms with Gasteiger partial charge in [0.15, 0.2) is 0 Å². The van der Waals surface area contributed by atoms with Gasteiger partial charge in [-0.05, 0) is 28.5 Å². The average Bonchev–Trinajstić information content (AvgIpc) is 2.46. The number of hydrogen-bond donors (Lipinski definition) is 0. The highest BCUT2D eigenvalue weighted by molar-refractivity contribution is 7.10. The van der Waals surface area contributed by atoms with Crippen molar-refractivity contribution in [1.82, 2.24) is 0 Å². The van der Waals surface area contributed by atoms with Crippen LogP contribution in [0.2, 0.25) is 0 Å². The summed E-state index contributed by atoms with van der Waals surface area (Å²) in [5, 5.41) is 2.50. The molecule has 0 aromatic heterocycles. The van der Waals surface area contributed by atoms with Crippen LogP contribution in [0.5, 0.6) is 5.75 Å². The Morgan fingerprint density at radius 3 is 2.28 bits per heavy atom. The van der Waals surface area contributed by atoms with E-state index in [0.717, 1.165) is 11.3 Å². The van der Waals surface area contributed by atoms with Crippen LogP contribution in [0.25, 0.3) is 21.9 Å². The Morgan fingerprint density at radius 1 is 0.722 bits per heavy atom. The maximum atomic E-state index is 5.33. The molecule has 2 heteroatoms. The molecule has 1 unspecified atom stereocenters. The molecule has 3 aromatic carbocycles. The minimum atomic E-state index is 0.873. The lowest BCUT2D eigenvalue weighted by Crippen LogP contribution is -1.83. The van der Waals surface area contributed by atoms with Gasteiger partial charge in [-0.15, -0.1) is 0 Å². The number of benzene rings is 3. The van der Waals surface area contributed by atoms with Crippen molar-refractivity contribution >= 4 is 20.2 Å². The normalized spacial score (nSPS) is 10.5. The first-order valence-corrected chi connectivity index (χ1v) is 6.30. The molecule has 0 aliphatic heterocycles. The van der Waals surface area contributed by atoms with Gasteiger partial charge < -0.3 is 4.52 Å². The minimum absolute atomic E-state index is 0.873. The molecule has 0 aliphatic carbocycles. The molecule has 1 atom stereocenters. The van der Waals surface area contributed by atoms with E-state index in [0.29, 0.717) is 0 Å². The number of fused-ring (bicyclic) bond motifs is 1. The molecule has 0 saturated carbocycles. The van der Waals surface area contributed by atoms with Crippen LogP contribution in [0.1, 0.15) is 0 Å². The van der Waals surface area contributed by atoms with Crippen molar-refractivity contribution in [2.45, 2.75) is 0 Å². The van der Waals surface area contributed by atoms with E-state index in [9.17, 15) is 0 Å². The number of hydrogen-bond acceptors (Lipinski definition) is 1.